The first kappa shape index (κ1) is 13.6. The van der Waals surface area contributed by atoms with E-state index in [0.717, 1.165) is 10.9 Å². The zero-order valence-electron chi connectivity index (χ0n) is 10.5. The van der Waals surface area contributed by atoms with Crippen LogP contribution < -0.4 is 0 Å². The van der Waals surface area contributed by atoms with Gasteiger partial charge in [0.2, 0.25) is 0 Å². The first-order valence-corrected chi connectivity index (χ1v) is 7.62. The normalized spacial score (nSPS) is 11.8. The molecule has 1 N–H and O–H groups in total. The number of sulfone groups is 1. The van der Waals surface area contributed by atoms with Crippen molar-refractivity contribution >= 4 is 26.7 Å². The summed E-state index contributed by atoms with van der Waals surface area (Å²) in [6.45, 7) is 1.68. The molecule has 19 heavy (non-hydrogen) atoms. The lowest BCUT2D eigenvalue weighted by atomic mass is 10.2. The quantitative estimate of drug-likeness (QED) is 0.908. The summed E-state index contributed by atoms with van der Waals surface area (Å²) < 4.78 is 25.5. The van der Waals surface area contributed by atoms with E-state index in [2.05, 4.69) is 0 Å². The molecule has 0 aliphatic carbocycles. The van der Waals surface area contributed by atoms with Gasteiger partial charge in [-0.2, -0.15) is 0 Å². The SMILES string of the molecule is CCCS(=O)(=O)c1ccc2c(ccn2CC(=O)O)c1. The highest BCUT2D eigenvalue weighted by atomic mass is 32.2. The van der Waals surface area contributed by atoms with Crippen LogP contribution >= 0.6 is 0 Å². The average Bonchev–Trinajstić information content (AvgIpc) is 2.71. The zero-order chi connectivity index (χ0) is 14.0. The monoisotopic (exact) mass is 281 g/mol. The van der Waals surface area contributed by atoms with Crippen LogP contribution in [0.2, 0.25) is 0 Å². The molecule has 5 nitrogen and oxygen atoms in total. The average molecular weight is 281 g/mol. The molecule has 1 aromatic heterocycles. The highest BCUT2D eigenvalue weighted by Gasteiger charge is 2.14. The summed E-state index contributed by atoms with van der Waals surface area (Å²) in [6, 6.07) is 6.51. The molecule has 0 spiro atoms. The molecule has 0 bridgehead atoms. The Morgan fingerprint density at radius 2 is 2.05 bits per heavy atom. The first-order valence-electron chi connectivity index (χ1n) is 5.97. The maximum absolute atomic E-state index is 12.0. The van der Waals surface area contributed by atoms with Gasteiger partial charge in [-0.15, -0.1) is 0 Å². The number of nitrogens with zero attached hydrogens (tertiary/aromatic N) is 1. The van der Waals surface area contributed by atoms with E-state index >= 15 is 0 Å². The van der Waals surface area contributed by atoms with E-state index in [9.17, 15) is 13.2 Å². The van der Waals surface area contributed by atoms with Crippen LogP contribution in [0.3, 0.4) is 0 Å². The van der Waals surface area contributed by atoms with Gasteiger partial charge >= 0.3 is 5.97 Å². The second-order valence-electron chi connectivity index (χ2n) is 4.38. The van der Waals surface area contributed by atoms with Crippen LogP contribution in [-0.2, 0) is 21.2 Å². The Balaban J connectivity index is 2.46. The number of aliphatic carboxylic acids is 1. The molecule has 0 amide bonds. The minimum atomic E-state index is -3.24. The third kappa shape index (κ3) is 2.78. The molecular formula is C13H15NO4S. The topological polar surface area (TPSA) is 76.4 Å². The van der Waals surface area contributed by atoms with E-state index in [-0.39, 0.29) is 17.2 Å². The van der Waals surface area contributed by atoms with E-state index < -0.39 is 15.8 Å². The van der Waals surface area contributed by atoms with Crippen molar-refractivity contribution in [1.29, 1.82) is 0 Å². The summed E-state index contributed by atoms with van der Waals surface area (Å²) in [5.41, 5.74) is 0.720. The molecule has 0 saturated heterocycles. The molecule has 0 aliphatic rings. The van der Waals surface area contributed by atoms with Gasteiger partial charge in [-0.1, -0.05) is 6.92 Å². The van der Waals surface area contributed by atoms with Crippen LogP contribution in [0.15, 0.2) is 35.4 Å². The Morgan fingerprint density at radius 1 is 1.32 bits per heavy atom. The van der Waals surface area contributed by atoms with Gasteiger partial charge in [-0.3, -0.25) is 4.79 Å². The number of carbonyl (C=O) groups is 1. The summed E-state index contributed by atoms with van der Waals surface area (Å²) in [6.07, 6.45) is 2.22. The molecule has 0 unspecified atom stereocenters. The smallest absolute Gasteiger partial charge is 0.323 e. The number of hydrogen-bond donors (Lipinski definition) is 1. The van der Waals surface area contributed by atoms with Crippen molar-refractivity contribution in [2.24, 2.45) is 0 Å². The van der Waals surface area contributed by atoms with Crippen LogP contribution in [0.5, 0.6) is 0 Å². The summed E-state index contributed by atoms with van der Waals surface area (Å²) in [4.78, 5) is 11.0. The van der Waals surface area contributed by atoms with E-state index in [1.54, 1.807) is 29.0 Å². The molecule has 0 saturated carbocycles. The fourth-order valence-corrected chi connectivity index (χ4v) is 3.40. The molecule has 0 aliphatic heterocycles. The number of hydrogen-bond acceptors (Lipinski definition) is 3. The van der Waals surface area contributed by atoms with E-state index in [0.29, 0.717) is 6.42 Å². The summed E-state index contributed by atoms with van der Waals surface area (Å²) in [5.74, 6) is -0.811. The van der Waals surface area contributed by atoms with Crippen LogP contribution in [0.25, 0.3) is 10.9 Å². The second kappa shape index (κ2) is 5.05. The van der Waals surface area contributed by atoms with Crippen LogP contribution in [0.1, 0.15) is 13.3 Å². The lowest BCUT2D eigenvalue weighted by Gasteiger charge is -2.05. The van der Waals surface area contributed by atoms with E-state index in [4.69, 9.17) is 5.11 Å². The molecule has 0 atom stereocenters. The van der Waals surface area contributed by atoms with Crippen molar-refractivity contribution < 1.29 is 18.3 Å². The van der Waals surface area contributed by atoms with Crippen molar-refractivity contribution in [1.82, 2.24) is 4.57 Å². The van der Waals surface area contributed by atoms with Gasteiger partial charge in [0.25, 0.3) is 0 Å². The van der Waals surface area contributed by atoms with Gasteiger partial charge in [0.15, 0.2) is 9.84 Å². The summed E-state index contributed by atoms with van der Waals surface area (Å²) in [5, 5.41) is 9.52. The molecule has 2 aromatic rings. The maximum atomic E-state index is 12.0. The number of carboxylic acids is 1. The molecule has 102 valence electrons. The largest absolute Gasteiger partial charge is 0.480 e. The van der Waals surface area contributed by atoms with Gasteiger partial charge < -0.3 is 9.67 Å². The summed E-state index contributed by atoms with van der Waals surface area (Å²) in [7, 11) is -3.24. The van der Waals surface area contributed by atoms with E-state index in [1.165, 1.54) is 6.07 Å². The fraction of sp³-hybridized carbons (Fsp3) is 0.308. The van der Waals surface area contributed by atoms with Crippen LogP contribution in [0, 0.1) is 0 Å². The number of aromatic nitrogens is 1. The molecule has 2 rings (SSSR count). The Kier molecular flexibility index (Phi) is 3.61. The Labute approximate surface area is 111 Å². The minimum Gasteiger partial charge on any atom is -0.480 e. The number of carboxylic acid groups (broad SMARTS) is 1. The maximum Gasteiger partial charge on any atom is 0.323 e. The standard InChI is InChI=1S/C13H15NO4S/c1-2-7-19(17,18)11-3-4-12-10(8-11)5-6-14(12)9-13(15)16/h3-6,8H,2,7,9H2,1H3,(H,15,16). The molecule has 1 heterocycles. The lowest BCUT2D eigenvalue weighted by molar-refractivity contribution is -0.137. The molecule has 0 fully saturated rings. The third-order valence-electron chi connectivity index (χ3n) is 2.88. The van der Waals surface area contributed by atoms with Gasteiger partial charge in [0.1, 0.15) is 6.54 Å². The van der Waals surface area contributed by atoms with Crippen molar-refractivity contribution in [3.05, 3.63) is 30.5 Å². The third-order valence-corrected chi connectivity index (χ3v) is 4.80. The predicted molar refractivity (Wildman–Crippen MR) is 71.9 cm³/mol. The Hall–Kier alpha value is -1.82. The fourth-order valence-electron chi connectivity index (χ4n) is 2.04. The second-order valence-corrected chi connectivity index (χ2v) is 6.49. The first-order chi connectivity index (χ1) is 8.94. The molecule has 0 radical (unpaired) electrons. The van der Waals surface area contributed by atoms with Gasteiger partial charge in [-0.05, 0) is 30.7 Å². The minimum absolute atomic E-state index is 0.119. The van der Waals surface area contributed by atoms with Gasteiger partial charge in [0.05, 0.1) is 10.6 Å². The van der Waals surface area contributed by atoms with Crippen molar-refractivity contribution in [2.75, 3.05) is 5.75 Å². The highest BCUT2D eigenvalue weighted by molar-refractivity contribution is 7.91. The number of fused-ring (bicyclic) bond motifs is 1. The highest BCUT2D eigenvalue weighted by Crippen LogP contribution is 2.21. The Morgan fingerprint density at radius 3 is 2.68 bits per heavy atom. The van der Waals surface area contributed by atoms with Crippen molar-refractivity contribution in [3.63, 3.8) is 0 Å². The lowest BCUT2D eigenvalue weighted by Crippen LogP contribution is -2.08. The number of benzene rings is 1. The van der Waals surface area contributed by atoms with Crippen molar-refractivity contribution in [2.45, 2.75) is 24.8 Å². The van der Waals surface area contributed by atoms with Crippen molar-refractivity contribution in [3.8, 4) is 0 Å². The molecule has 6 heteroatoms. The van der Waals surface area contributed by atoms with E-state index in [1.807, 2.05) is 6.92 Å². The molecular weight excluding hydrogens is 266 g/mol. The van der Waals surface area contributed by atoms with Crippen LogP contribution in [0.4, 0.5) is 0 Å². The zero-order valence-corrected chi connectivity index (χ0v) is 11.4. The van der Waals surface area contributed by atoms with Gasteiger partial charge in [0, 0.05) is 17.1 Å². The van der Waals surface area contributed by atoms with Gasteiger partial charge in [-0.25, -0.2) is 8.42 Å². The Bertz CT molecular complexity index is 715. The molecule has 1 aromatic carbocycles. The summed E-state index contributed by atoms with van der Waals surface area (Å²) >= 11 is 0. The predicted octanol–water partition coefficient (Wildman–Crippen LogP) is 1.91. The number of rotatable bonds is 5. The van der Waals surface area contributed by atoms with Crippen LogP contribution in [-0.4, -0.2) is 29.8 Å².